The number of aryl methyl sites for hydroxylation is 1. The summed E-state index contributed by atoms with van der Waals surface area (Å²) >= 11 is 2.60. The second-order valence-electron chi connectivity index (χ2n) is 7.34. The normalized spacial score (nSPS) is 12.8. The number of nitrogen functional groups attached to an aromatic ring is 1. The number of carbonyl (C=O) groups is 1. The fourth-order valence-corrected chi connectivity index (χ4v) is 5.38. The number of phenols is 1. The number of thioether (sulfide) groups is 1. The first kappa shape index (κ1) is 23.4. The maximum atomic E-state index is 12.5. The van der Waals surface area contributed by atoms with E-state index in [0.717, 1.165) is 43.0 Å². The van der Waals surface area contributed by atoms with Gasteiger partial charge in [0.25, 0.3) is 5.95 Å². The van der Waals surface area contributed by atoms with Crippen LogP contribution in [0.2, 0.25) is 0 Å². The van der Waals surface area contributed by atoms with Gasteiger partial charge in [0.2, 0.25) is 11.1 Å². The number of rotatable bonds is 8. The van der Waals surface area contributed by atoms with Gasteiger partial charge in [-0.1, -0.05) is 11.8 Å². The van der Waals surface area contributed by atoms with Gasteiger partial charge in [0.05, 0.1) is 24.6 Å². The number of anilines is 2. The summed E-state index contributed by atoms with van der Waals surface area (Å²) in [5.41, 5.74) is 4.96. The molecule has 11 nitrogen and oxygen atoms in total. The van der Waals surface area contributed by atoms with Crippen molar-refractivity contribution in [3.05, 3.63) is 39.8 Å². The van der Waals surface area contributed by atoms with E-state index in [1.807, 2.05) is 0 Å². The SMILES string of the molecule is COc1ccc(/C=N/Nc2nnc(SCC(=O)Nc3sc4c(c3C#N)CCCC4)n2N)cc1O. The zero-order chi connectivity index (χ0) is 24.1. The molecule has 0 aliphatic heterocycles. The van der Waals surface area contributed by atoms with E-state index in [2.05, 4.69) is 32.1 Å². The molecule has 176 valence electrons. The lowest BCUT2D eigenvalue weighted by atomic mass is 9.96. The summed E-state index contributed by atoms with van der Waals surface area (Å²) < 4.78 is 6.19. The first-order valence-electron chi connectivity index (χ1n) is 10.3. The number of nitrogens with zero attached hydrogens (tertiary/aromatic N) is 5. The molecule has 0 radical (unpaired) electrons. The summed E-state index contributed by atoms with van der Waals surface area (Å²) in [5, 5.41) is 35.1. The number of hydrogen-bond donors (Lipinski definition) is 4. The van der Waals surface area contributed by atoms with Gasteiger partial charge in [0.15, 0.2) is 11.5 Å². The number of nitriles is 1. The van der Waals surface area contributed by atoms with Crippen molar-refractivity contribution in [3.63, 3.8) is 0 Å². The van der Waals surface area contributed by atoms with E-state index >= 15 is 0 Å². The largest absolute Gasteiger partial charge is 0.504 e. The molecule has 0 unspecified atom stereocenters. The minimum Gasteiger partial charge on any atom is -0.504 e. The highest BCUT2D eigenvalue weighted by Gasteiger charge is 2.22. The Morgan fingerprint density at radius 2 is 2.26 bits per heavy atom. The molecule has 1 amide bonds. The second kappa shape index (κ2) is 10.4. The Bertz CT molecular complexity index is 1280. The summed E-state index contributed by atoms with van der Waals surface area (Å²) in [7, 11) is 1.47. The predicted octanol–water partition coefficient (Wildman–Crippen LogP) is 2.69. The second-order valence-corrected chi connectivity index (χ2v) is 9.39. The van der Waals surface area contributed by atoms with E-state index in [-0.39, 0.29) is 23.4 Å². The average Bonchev–Trinajstić information content (AvgIpc) is 3.37. The van der Waals surface area contributed by atoms with Gasteiger partial charge in [-0.05, 0) is 55.0 Å². The lowest BCUT2D eigenvalue weighted by molar-refractivity contribution is -0.113. The van der Waals surface area contributed by atoms with Crippen molar-refractivity contribution < 1.29 is 14.6 Å². The highest BCUT2D eigenvalue weighted by molar-refractivity contribution is 7.99. The van der Waals surface area contributed by atoms with Crippen molar-refractivity contribution >= 4 is 46.2 Å². The molecular formula is C21H22N8O3S2. The topological polar surface area (TPSA) is 163 Å². The van der Waals surface area contributed by atoms with Crippen LogP contribution >= 0.6 is 23.1 Å². The molecule has 2 heterocycles. The number of hydrazone groups is 1. The molecule has 0 fully saturated rings. The van der Waals surface area contributed by atoms with Crippen LogP contribution in [0, 0.1) is 11.3 Å². The third-order valence-corrected chi connectivity index (χ3v) is 7.26. The minimum atomic E-state index is -0.255. The summed E-state index contributed by atoms with van der Waals surface area (Å²) in [4.78, 5) is 13.7. The number of carbonyl (C=O) groups excluding carboxylic acids is 1. The molecule has 1 aromatic carbocycles. The van der Waals surface area contributed by atoms with Crippen LogP contribution in [0.5, 0.6) is 11.5 Å². The minimum absolute atomic E-state index is 0.00462. The van der Waals surface area contributed by atoms with Crippen LogP contribution in [0.1, 0.15) is 34.4 Å². The Labute approximate surface area is 203 Å². The highest BCUT2D eigenvalue weighted by atomic mass is 32.2. The van der Waals surface area contributed by atoms with Gasteiger partial charge in [-0.2, -0.15) is 10.4 Å². The Morgan fingerprint density at radius 3 is 3.03 bits per heavy atom. The van der Waals surface area contributed by atoms with Gasteiger partial charge in [0, 0.05) is 4.88 Å². The van der Waals surface area contributed by atoms with E-state index in [1.165, 1.54) is 40.3 Å². The molecule has 0 bridgehead atoms. The molecule has 1 aliphatic carbocycles. The number of fused-ring (bicyclic) bond motifs is 1. The first-order valence-corrected chi connectivity index (χ1v) is 12.1. The van der Waals surface area contributed by atoms with Crippen molar-refractivity contribution in [3.8, 4) is 17.6 Å². The van der Waals surface area contributed by atoms with Crippen LogP contribution in [0.15, 0.2) is 28.5 Å². The van der Waals surface area contributed by atoms with Crippen molar-refractivity contribution in [2.45, 2.75) is 30.8 Å². The number of methoxy groups -OCH3 is 1. The Morgan fingerprint density at radius 1 is 1.44 bits per heavy atom. The van der Waals surface area contributed by atoms with Crippen molar-refractivity contribution in [2.24, 2.45) is 5.10 Å². The first-order chi connectivity index (χ1) is 16.5. The van der Waals surface area contributed by atoms with Crippen LogP contribution in [0.25, 0.3) is 0 Å². The van der Waals surface area contributed by atoms with Crippen LogP contribution in [-0.4, -0.2) is 45.0 Å². The summed E-state index contributed by atoms with van der Waals surface area (Å²) in [6.45, 7) is 0. The van der Waals surface area contributed by atoms with Gasteiger partial charge in [0.1, 0.15) is 11.1 Å². The number of ether oxygens (including phenoxy) is 1. The quantitative estimate of drug-likeness (QED) is 0.158. The third-order valence-electron chi connectivity index (χ3n) is 5.11. The maximum Gasteiger partial charge on any atom is 0.264 e. The number of nitrogens with two attached hydrogens (primary N) is 1. The molecule has 0 atom stereocenters. The lowest BCUT2D eigenvalue weighted by Gasteiger charge is -2.09. The Hall–Kier alpha value is -3.76. The van der Waals surface area contributed by atoms with E-state index < -0.39 is 0 Å². The molecule has 0 saturated carbocycles. The van der Waals surface area contributed by atoms with E-state index in [4.69, 9.17) is 10.6 Å². The van der Waals surface area contributed by atoms with Gasteiger partial charge in [-0.3, -0.25) is 4.79 Å². The van der Waals surface area contributed by atoms with Gasteiger partial charge < -0.3 is 21.0 Å². The standard InChI is InChI=1S/C21H22N8O3S2/c1-32-16-7-6-12(8-15(16)30)10-24-26-20-27-28-21(29(20)23)33-11-18(31)25-19-14(9-22)13-4-2-3-5-17(13)34-19/h6-8,10,30H,2-5,11,23H2,1H3,(H,25,31)(H,26,27)/b24-10+. The van der Waals surface area contributed by atoms with Gasteiger partial charge in [-0.25, -0.2) is 10.1 Å². The molecule has 1 aliphatic rings. The molecule has 4 rings (SSSR count). The molecule has 13 heteroatoms. The van der Waals surface area contributed by atoms with Gasteiger partial charge >= 0.3 is 0 Å². The molecule has 5 N–H and O–H groups in total. The van der Waals surface area contributed by atoms with E-state index in [1.54, 1.807) is 12.1 Å². The summed E-state index contributed by atoms with van der Waals surface area (Å²) in [5.74, 6) is 6.33. The van der Waals surface area contributed by atoms with Crippen molar-refractivity contribution in [1.82, 2.24) is 14.9 Å². The number of hydrogen-bond acceptors (Lipinski definition) is 11. The predicted molar refractivity (Wildman–Crippen MR) is 131 cm³/mol. The average molecular weight is 499 g/mol. The van der Waals surface area contributed by atoms with Crippen LogP contribution in [0.3, 0.4) is 0 Å². The molecular weight excluding hydrogens is 476 g/mol. The number of nitrogens with one attached hydrogen (secondary N) is 2. The maximum absolute atomic E-state index is 12.5. The van der Waals surface area contributed by atoms with Crippen molar-refractivity contribution in [2.75, 3.05) is 29.4 Å². The number of amides is 1. The fourth-order valence-electron chi connectivity index (χ4n) is 3.47. The summed E-state index contributed by atoms with van der Waals surface area (Å²) in [6, 6.07) is 7.07. The van der Waals surface area contributed by atoms with E-state index in [9.17, 15) is 15.2 Å². The number of phenolic OH excluding ortho intramolecular Hbond substituents is 1. The van der Waals surface area contributed by atoms with Crippen molar-refractivity contribution in [1.29, 1.82) is 5.26 Å². The number of aromatic hydroxyl groups is 1. The number of benzene rings is 1. The van der Waals surface area contributed by atoms with E-state index in [0.29, 0.717) is 27.0 Å². The molecule has 3 aromatic rings. The lowest BCUT2D eigenvalue weighted by Crippen LogP contribution is -2.17. The molecule has 34 heavy (non-hydrogen) atoms. The Kier molecular flexibility index (Phi) is 7.19. The van der Waals surface area contributed by atoms with Crippen LogP contribution < -0.4 is 21.3 Å². The third kappa shape index (κ3) is 5.08. The molecule has 0 saturated heterocycles. The smallest absolute Gasteiger partial charge is 0.264 e. The number of thiophene rings is 1. The van der Waals surface area contributed by atoms with Crippen LogP contribution in [-0.2, 0) is 17.6 Å². The Balaban J connectivity index is 1.33. The van der Waals surface area contributed by atoms with Gasteiger partial charge in [-0.15, -0.1) is 21.5 Å². The summed E-state index contributed by atoms with van der Waals surface area (Å²) in [6.07, 6.45) is 5.48. The van der Waals surface area contributed by atoms with Crippen LogP contribution in [0.4, 0.5) is 10.9 Å². The number of aromatic nitrogens is 3. The monoisotopic (exact) mass is 498 g/mol. The zero-order valence-corrected chi connectivity index (χ0v) is 19.9. The zero-order valence-electron chi connectivity index (χ0n) is 18.2. The molecule has 0 spiro atoms. The highest BCUT2D eigenvalue weighted by Crippen LogP contribution is 2.37. The fraction of sp³-hybridized carbons (Fsp3) is 0.286. The molecule has 2 aromatic heterocycles.